The zero-order valence-electron chi connectivity index (χ0n) is 8.68. The fourth-order valence-corrected chi connectivity index (χ4v) is 1.97. The summed E-state index contributed by atoms with van der Waals surface area (Å²) in [6, 6.07) is 9.13. The first-order valence-electron chi connectivity index (χ1n) is 5.04. The second-order valence-electron chi connectivity index (χ2n) is 3.79. The third-order valence-electron chi connectivity index (χ3n) is 2.69. The molecule has 1 heterocycles. The Kier molecular flexibility index (Phi) is 1.86. The summed E-state index contributed by atoms with van der Waals surface area (Å²) in [7, 11) is 0. The van der Waals surface area contributed by atoms with Gasteiger partial charge in [-0.05, 0) is 35.0 Å². The molecule has 2 aromatic carbocycles. The Hall–Kier alpha value is -2.49. The van der Waals surface area contributed by atoms with Gasteiger partial charge < -0.3 is 14.6 Å². The molecule has 0 spiro atoms. The highest BCUT2D eigenvalue weighted by Gasteiger charge is 2.08. The average Bonchev–Trinajstić information content (AvgIpc) is 2.28. The van der Waals surface area contributed by atoms with E-state index in [4.69, 9.17) is 4.42 Å². The molecule has 84 valence electrons. The number of aromatic hydroxyl groups is 2. The van der Waals surface area contributed by atoms with Gasteiger partial charge in [-0.2, -0.15) is 0 Å². The van der Waals surface area contributed by atoms with Gasteiger partial charge in [0.1, 0.15) is 17.1 Å². The second-order valence-corrected chi connectivity index (χ2v) is 3.79. The first-order valence-corrected chi connectivity index (χ1v) is 5.04. The van der Waals surface area contributed by atoms with Crippen LogP contribution in [0, 0.1) is 0 Å². The van der Waals surface area contributed by atoms with E-state index in [-0.39, 0.29) is 11.5 Å². The maximum Gasteiger partial charge on any atom is 0.339 e. The van der Waals surface area contributed by atoms with Crippen molar-refractivity contribution in [1.82, 2.24) is 0 Å². The summed E-state index contributed by atoms with van der Waals surface area (Å²) in [4.78, 5) is 11.1. The quantitative estimate of drug-likeness (QED) is 0.457. The maximum atomic E-state index is 11.1. The van der Waals surface area contributed by atoms with E-state index in [2.05, 4.69) is 0 Å². The molecular formula is C13H8O4. The Balaban J connectivity index is 2.60. The lowest BCUT2D eigenvalue weighted by Gasteiger charge is -2.04. The van der Waals surface area contributed by atoms with Crippen molar-refractivity contribution in [3.8, 4) is 11.5 Å². The summed E-state index contributed by atoms with van der Waals surface area (Å²) in [5.41, 5.74) is -0.263. The Morgan fingerprint density at radius 3 is 2.65 bits per heavy atom. The normalized spacial score (nSPS) is 11.1. The van der Waals surface area contributed by atoms with E-state index in [9.17, 15) is 15.0 Å². The Morgan fingerprint density at radius 2 is 1.82 bits per heavy atom. The van der Waals surface area contributed by atoms with E-state index in [0.717, 1.165) is 16.8 Å². The fourth-order valence-electron chi connectivity index (χ4n) is 1.97. The van der Waals surface area contributed by atoms with Gasteiger partial charge in [-0.15, -0.1) is 0 Å². The molecule has 3 rings (SSSR count). The van der Waals surface area contributed by atoms with Crippen molar-refractivity contribution < 1.29 is 14.6 Å². The molecule has 0 amide bonds. The lowest BCUT2D eigenvalue weighted by Crippen LogP contribution is -1.95. The van der Waals surface area contributed by atoms with Crippen LogP contribution in [0.25, 0.3) is 21.7 Å². The summed E-state index contributed by atoms with van der Waals surface area (Å²) in [6.45, 7) is 0. The molecule has 1 aromatic heterocycles. The molecule has 4 nitrogen and oxygen atoms in total. The molecular weight excluding hydrogens is 220 g/mol. The van der Waals surface area contributed by atoms with E-state index in [1.54, 1.807) is 24.3 Å². The monoisotopic (exact) mass is 228 g/mol. The first kappa shape index (κ1) is 9.72. The summed E-state index contributed by atoms with van der Waals surface area (Å²) in [6.07, 6.45) is 0. The van der Waals surface area contributed by atoms with Crippen LogP contribution in [0.1, 0.15) is 0 Å². The number of fused-ring (bicyclic) bond motifs is 3. The molecule has 0 fully saturated rings. The van der Waals surface area contributed by atoms with Gasteiger partial charge >= 0.3 is 5.63 Å². The average molecular weight is 228 g/mol. The molecule has 0 bridgehead atoms. The number of phenolic OH excluding ortho intramolecular Hbond substituents is 1. The zero-order valence-corrected chi connectivity index (χ0v) is 8.68. The predicted octanol–water partition coefficient (Wildman–Crippen LogP) is 2.36. The van der Waals surface area contributed by atoms with Crippen molar-refractivity contribution >= 4 is 21.7 Å². The van der Waals surface area contributed by atoms with Crippen molar-refractivity contribution in [2.45, 2.75) is 0 Å². The van der Waals surface area contributed by atoms with Gasteiger partial charge in [-0.1, -0.05) is 6.07 Å². The van der Waals surface area contributed by atoms with Gasteiger partial charge in [0.25, 0.3) is 0 Å². The molecule has 3 aromatic rings. The van der Waals surface area contributed by atoms with Gasteiger partial charge in [-0.25, -0.2) is 4.79 Å². The van der Waals surface area contributed by atoms with Gasteiger partial charge in [0.2, 0.25) is 0 Å². The Labute approximate surface area is 95.3 Å². The van der Waals surface area contributed by atoms with Gasteiger partial charge in [-0.3, -0.25) is 0 Å². The summed E-state index contributed by atoms with van der Waals surface area (Å²) < 4.78 is 5.00. The first-order chi connectivity index (χ1) is 8.15. The van der Waals surface area contributed by atoms with Crippen LogP contribution in [-0.4, -0.2) is 10.2 Å². The third-order valence-corrected chi connectivity index (χ3v) is 2.69. The SMILES string of the molecule is O=c1cc(O)c2c(ccc3cc(O)ccc32)o1. The molecule has 0 aliphatic heterocycles. The molecule has 0 saturated heterocycles. The molecule has 0 aliphatic carbocycles. The number of phenols is 1. The van der Waals surface area contributed by atoms with E-state index < -0.39 is 5.63 Å². The van der Waals surface area contributed by atoms with Crippen LogP contribution >= 0.6 is 0 Å². The van der Waals surface area contributed by atoms with Crippen LogP contribution in [0.15, 0.2) is 45.6 Å². The molecule has 0 saturated carbocycles. The van der Waals surface area contributed by atoms with E-state index in [1.807, 2.05) is 0 Å². The zero-order chi connectivity index (χ0) is 12.0. The van der Waals surface area contributed by atoms with Crippen LogP contribution in [-0.2, 0) is 0 Å². The summed E-state index contributed by atoms with van der Waals surface area (Å²) in [5.74, 6) is 0.0289. The highest BCUT2D eigenvalue weighted by Crippen LogP contribution is 2.32. The Morgan fingerprint density at radius 1 is 1.00 bits per heavy atom. The topological polar surface area (TPSA) is 70.7 Å². The fraction of sp³-hybridized carbons (Fsp3) is 0. The minimum atomic E-state index is -0.590. The molecule has 2 N–H and O–H groups in total. The minimum Gasteiger partial charge on any atom is -0.508 e. The third kappa shape index (κ3) is 1.42. The summed E-state index contributed by atoms with van der Waals surface area (Å²) in [5, 5.41) is 21.1. The van der Waals surface area contributed by atoms with Gasteiger partial charge in [0.05, 0.1) is 11.5 Å². The molecule has 0 radical (unpaired) electrons. The molecule has 17 heavy (non-hydrogen) atoms. The van der Waals surface area contributed by atoms with Gasteiger partial charge in [0, 0.05) is 0 Å². The lowest BCUT2D eigenvalue weighted by atomic mass is 10.1. The predicted molar refractivity (Wildman–Crippen MR) is 63.3 cm³/mol. The lowest BCUT2D eigenvalue weighted by molar-refractivity contribution is 0.468. The minimum absolute atomic E-state index is 0.118. The molecule has 0 aliphatic rings. The highest BCUT2D eigenvalue weighted by atomic mass is 16.4. The second kappa shape index (κ2) is 3.25. The van der Waals surface area contributed by atoms with Crippen molar-refractivity contribution in [2.75, 3.05) is 0 Å². The molecule has 0 unspecified atom stereocenters. The van der Waals surface area contributed by atoms with E-state index in [1.165, 1.54) is 6.07 Å². The standard InChI is InChI=1S/C13H8O4/c14-8-2-3-9-7(5-8)1-4-11-13(9)10(15)6-12(16)17-11/h1-6,14-15H. The largest absolute Gasteiger partial charge is 0.508 e. The van der Waals surface area contributed by atoms with Crippen molar-refractivity contribution in [3.05, 3.63) is 46.8 Å². The van der Waals surface area contributed by atoms with Crippen molar-refractivity contribution in [1.29, 1.82) is 0 Å². The van der Waals surface area contributed by atoms with Crippen LogP contribution in [0.4, 0.5) is 0 Å². The number of hydrogen-bond acceptors (Lipinski definition) is 4. The van der Waals surface area contributed by atoms with E-state index >= 15 is 0 Å². The maximum absolute atomic E-state index is 11.1. The molecule has 4 heteroatoms. The van der Waals surface area contributed by atoms with Crippen LogP contribution < -0.4 is 5.63 Å². The van der Waals surface area contributed by atoms with Crippen LogP contribution in [0.5, 0.6) is 11.5 Å². The molecule has 0 atom stereocenters. The summed E-state index contributed by atoms with van der Waals surface area (Å²) >= 11 is 0. The van der Waals surface area contributed by atoms with E-state index in [0.29, 0.717) is 11.0 Å². The highest BCUT2D eigenvalue weighted by molar-refractivity contribution is 6.08. The smallest absolute Gasteiger partial charge is 0.339 e. The van der Waals surface area contributed by atoms with Crippen LogP contribution in [0.3, 0.4) is 0 Å². The van der Waals surface area contributed by atoms with Crippen molar-refractivity contribution in [3.63, 3.8) is 0 Å². The van der Waals surface area contributed by atoms with Gasteiger partial charge in [0.15, 0.2) is 0 Å². The number of hydrogen-bond donors (Lipinski definition) is 2. The Bertz CT molecular complexity index is 786. The number of benzene rings is 2. The number of rotatable bonds is 0. The van der Waals surface area contributed by atoms with Crippen LogP contribution in [0.2, 0.25) is 0 Å². The van der Waals surface area contributed by atoms with Crippen molar-refractivity contribution in [2.24, 2.45) is 0 Å².